The molecule has 1 amide bonds. The van der Waals surface area contributed by atoms with Crippen LogP contribution in [0.3, 0.4) is 0 Å². The smallest absolute Gasteiger partial charge is 0.254 e. The molecule has 1 aromatic heterocycles. The Morgan fingerprint density at radius 2 is 1.92 bits per heavy atom. The average Bonchev–Trinajstić information content (AvgIpc) is 3.12. The normalized spacial score (nSPS) is 16.6. The summed E-state index contributed by atoms with van der Waals surface area (Å²) in [5.41, 5.74) is 1.92. The average molecular weight is 341 g/mol. The van der Waals surface area contributed by atoms with Crippen molar-refractivity contribution in [1.82, 2.24) is 20.0 Å². The zero-order chi connectivity index (χ0) is 17.6. The highest BCUT2D eigenvalue weighted by Gasteiger charge is 2.20. The highest BCUT2D eigenvalue weighted by Crippen LogP contribution is 2.15. The summed E-state index contributed by atoms with van der Waals surface area (Å²) in [5.74, 6) is -0.0462. The number of carbonyl (C=O) groups excluding carboxylic acids is 1. The molecule has 0 unspecified atom stereocenters. The molecule has 2 aromatic rings. The number of hydrogen-bond acceptors (Lipinski definition) is 4. The third kappa shape index (κ3) is 4.60. The minimum atomic E-state index is -0.0462. The lowest BCUT2D eigenvalue weighted by atomic mass is 10.2. The van der Waals surface area contributed by atoms with Gasteiger partial charge in [0.25, 0.3) is 5.91 Å². The third-order valence-electron chi connectivity index (χ3n) is 4.62. The monoisotopic (exact) mass is 341 g/mol. The van der Waals surface area contributed by atoms with Crippen molar-refractivity contribution in [3.63, 3.8) is 0 Å². The topological polar surface area (TPSA) is 53.4 Å². The molecule has 0 spiro atoms. The maximum Gasteiger partial charge on any atom is 0.254 e. The molecule has 6 nitrogen and oxygen atoms in total. The first kappa shape index (κ1) is 17.5. The number of carbonyl (C=O) groups is 1. The second-order valence-electron chi connectivity index (χ2n) is 6.58. The first-order chi connectivity index (χ1) is 12.2. The Labute approximate surface area is 149 Å². The predicted molar refractivity (Wildman–Crippen MR) is 99.9 cm³/mol. The van der Waals surface area contributed by atoms with E-state index in [0.29, 0.717) is 5.56 Å². The SMILES string of the molecule is CCn1cc(C(=O)N[C@H](C)CN2CCN(c3ccccc3)CC2)cn1. The molecule has 6 heteroatoms. The Balaban J connectivity index is 1.44. The summed E-state index contributed by atoms with van der Waals surface area (Å²) in [6.07, 6.45) is 3.42. The lowest BCUT2D eigenvalue weighted by molar-refractivity contribution is 0.0928. The van der Waals surface area contributed by atoms with Crippen LogP contribution in [-0.4, -0.2) is 59.4 Å². The van der Waals surface area contributed by atoms with Crippen LogP contribution < -0.4 is 10.2 Å². The highest BCUT2D eigenvalue weighted by atomic mass is 16.1. The van der Waals surface area contributed by atoms with E-state index < -0.39 is 0 Å². The van der Waals surface area contributed by atoms with E-state index in [4.69, 9.17) is 0 Å². The number of rotatable bonds is 6. The molecular formula is C19H27N5O. The van der Waals surface area contributed by atoms with Gasteiger partial charge in [0.15, 0.2) is 0 Å². The minimum absolute atomic E-state index is 0.0462. The van der Waals surface area contributed by atoms with Gasteiger partial charge in [-0.05, 0) is 26.0 Å². The summed E-state index contributed by atoms with van der Waals surface area (Å²) >= 11 is 0. The van der Waals surface area contributed by atoms with E-state index in [1.54, 1.807) is 17.1 Å². The van der Waals surface area contributed by atoms with E-state index in [-0.39, 0.29) is 11.9 Å². The van der Waals surface area contributed by atoms with Gasteiger partial charge in [0.2, 0.25) is 0 Å². The molecule has 0 radical (unpaired) electrons. The molecule has 0 aliphatic carbocycles. The van der Waals surface area contributed by atoms with Gasteiger partial charge in [-0.15, -0.1) is 0 Å². The number of piperazine rings is 1. The lowest BCUT2D eigenvalue weighted by Crippen LogP contribution is -2.50. The first-order valence-corrected chi connectivity index (χ1v) is 9.01. The van der Waals surface area contributed by atoms with Crippen molar-refractivity contribution >= 4 is 11.6 Å². The van der Waals surface area contributed by atoms with Crippen LogP contribution in [0.2, 0.25) is 0 Å². The molecular weight excluding hydrogens is 314 g/mol. The maximum atomic E-state index is 12.3. The Bertz CT molecular complexity index is 676. The Morgan fingerprint density at radius 1 is 1.20 bits per heavy atom. The molecule has 2 heterocycles. The van der Waals surface area contributed by atoms with Gasteiger partial charge in [-0.25, -0.2) is 0 Å². The Hall–Kier alpha value is -2.34. The van der Waals surface area contributed by atoms with Crippen molar-refractivity contribution in [2.45, 2.75) is 26.4 Å². The second-order valence-corrected chi connectivity index (χ2v) is 6.58. The maximum absolute atomic E-state index is 12.3. The quantitative estimate of drug-likeness (QED) is 0.871. The fourth-order valence-corrected chi connectivity index (χ4v) is 3.22. The number of aryl methyl sites for hydroxylation is 1. The molecule has 1 saturated heterocycles. The van der Waals surface area contributed by atoms with Crippen molar-refractivity contribution in [3.8, 4) is 0 Å². The van der Waals surface area contributed by atoms with Gasteiger partial charge in [0, 0.05) is 57.2 Å². The molecule has 1 aromatic carbocycles. The molecule has 1 aliphatic rings. The van der Waals surface area contributed by atoms with E-state index in [2.05, 4.69) is 51.4 Å². The molecule has 1 fully saturated rings. The lowest BCUT2D eigenvalue weighted by Gasteiger charge is -2.37. The summed E-state index contributed by atoms with van der Waals surface area (Å²) in [4.78, 5) is 17.1. The number of nitrogens with one attached hydrogen (secondary N) is 1. The zero-order valence-corrected chi connectivity index (χ0v) is 15.1. The van der Waals surface area contributed by atoms with Gasteiger partial charge < -0.3 is 10.2 Å². The zero-order valence-electron chi connectivity index (χ0n) is 15.1. The summed E-state index contributed by atoms with van der Waals surface area (Å²) in [5, 5.41) is 7.23. The number of benzene rings is 1. The number of aromatic nitrogens is 2. The Kier molecular flexibility index (Phi) is 5.71. The van der Waals surface area contributed by atoms with Gasteiger partial charge in [-0.1, -0.05) is 18.2 Å². The molecule has 1 atom stereocenters. The Morgan fingerprint density at radius 3 is 2.56 bits per heavy atom. The van der Waals surface area contributed by atoms with E-state index in [1.807, 2.05) is 13.0 Å². The first-order valence-electron chi connectivity index (χ1n) is 9.01. The van der Waals surface area contributed by atoms with Crippen molar-refractivity contribution in [3.05, 3.63) is 48.3 Å². The van der Waals surface area contributed by atoms with Gasteiger partial charge in [-0.2, -0.15) is 5.10 Å². The predicted octanol–water partition coefficient (Wildman–Crippen LogP) is 1.84. The van der Waals surface area contributed by atoms with Crippen LogP contribution in [0.15, 0.2) is 42.7 Å². The van der Waals surface area contributed by atoms with Gasteiger partial charge >= 0.3 is 0 Å². The van der Waals surface area contributed by atoms with Gasteiger partial charge in [0.05, 0.1) is 11.8 Å². The highest BCUT2D eigenvalue weighted by molar-refractivity contribution is 5.93. The largest absolute Gasteiger partial charge is 0.369 e. The summed E-state index contributed by atoms with van der Waals surface area (Å²) < 4.78 is 1.77. The van der Waals surface area contributed by atoms with E-state index >= 15 is 0 Å². The molecule has 134 valence electrons. The van der Waals surface area contributed by atoms with E-state index in [1.165, 1.54) is 5.69 Å². The molecule has 1 N–H and O–H groups in total. The van der Waals surface area contributed by atoms with Crippen molar-refractivity contribution in [2.75, 3.05) is 37.6 Å². The number of anilines is 1. The molecule has 3 rings (SSSR count). The van der Waals surface area contributed by atoms with Crippen LogP contribution in [0.4, 0.5) is 5.69 Å². The minimum Gasteiger partial charge on any atom is -0.369 e. The van der Waals surface area contributed by atoms with Crippen LogP contribution in [0.5, 0.6) is 0 Å². The fourth-order valence-electron chi connectivity index (χ4n) is 3.22. The number of hydrogen-bond donors (Lipinski definition) is 1. The van der Waals surface area contributed by atoms with Crippen LogP contribution in [-0.2, 0) is 6.54 Å². The van der Waals surface area contributed by atoms with Crippen molar-refractivity contribution in [2.24, 2.45) is 0 Å². The van der Waals surface area contributed by atoms with E-state index in [9.17, 15) is 4.79 Å². The summed E-state index contributed by atoms with van der Waals surface area (Å²) in [6, 6.07) is 10.7. The van der Waals surface area contributed by atoms with E-state index in [0.717, 1.165) is 39.3 Å². The summed E-state index contributed by atoms with van der Waals surface area (Å²) in [6.45, 7) is 9.79. The van der Waals surface area contributed by atoms with Gasteiger partial charge in [-0.3, -0.25) is 14.4 Å². The van der Waals surface area contributed by atoms with Crippen LogP contribution in [0.25, 0.3) is 0 Å². The third-order valence-corrected chi connectivity index (χ3v) is 4.62. The van der Waals surface area contributed by atoms with Crippen LogP contribution in [0.1, 0.15) is 24.2 Å². The van der Waals surface area contributed by atoms with Crippen molar-refractivity contribution < 1.29 is 4.79 Å². The van der Waals surface area contributed by atoms with Crippen LogP contribution in [0, 0.1) is 0 Å². The number of nitrogens with zero attached hydrogens (tertiary/aromatic N) is 4. The van der Waals surface area contributed by atoms with Crippen LogP contribution >= 0.6 is 0 Å². The molecule has 0 bridgehead atoms. The number of amides is 1. The van der Waals surface area contributed by atoms with Crippen molar-refractivity contribution in [1.29, 1.82) is 0 Å². The second kappa shape index (κ2) is 8.16. The molecule has 25 heavy (non-hydrogen) atoms. The molecule has 1 aliphatic heterocycles. The fraction of sp³-hybridized carbons (Fsp3) is 0.474. The standard InChI is InChI=1S/C19H27N5O/c1-3-24-15-17(13-20-24)19(25)21-16(2)14-22-9-11-23(12-10-22)18-7-5-4-6-8-18/h4-8,13,15-16H,3,9-12,14H2,1-2H3,(H,21,25)/t16-/m1/s1. The molecule has 0 saturated carbocycles. The van der Waals surface area contributed by atoms with Gasteiger partial charge in [0.1, 0.15) is 0 Å². The summed E-state index contributed by atoms with van der Waals surface area (Å²) in [7, 11) is 0. The number of para-hydroxylation sites is 1.